The van der Waals surface area contributed by atoms with Crippen LogP contribution >= 0.6 is 0 Å². The average molecular weight is 264 g/mol. The van der Waals surface area contributed by atoms with Gasteiger partial charge in [0.15, 0.2) is 0 Å². The SMILES string of the molecule is CC(C)c1ccc(C(=O)NCCCOCCN)cc1. The van der Waals surface area contributed by atoms with Crippen LogP contribution < -0.4 is 11.1 Å². The van der Waals surface area contributed by atoms with Crippen molar-refractivity contribution in [3.8, 4) is 0 Å². The predicted molar refractivity (Wildman–Crippen MR) is 77.4 cm³/mol. The van der Waals surface area contributed by atoms with Crippen LogP contribution in [0.2, 0.25) is 0 Å². The van der Waals surface area contributed by atoms with E-state index in [1.54, 1.807) is 0 Å². The summed E-state index contributed by atoms with van der Waals surface area (Å²) < 4.78 is 5.24. The van der Waals surface area contributed by atoms with E-state index in [0.717, 1.165) is 6.42 Å². The summed E-state index contributed by atoms with van der Waals surface area (Å²) in [6, 6.07) is 7.75. The third-order valence-electron chi connectivity index (χ3n) is 2.85. The van der Waals surface area contributed by atoms with Crippen molar-refractivity contribution in [1.29, 1.82) is 0 Å². The molecule has 0 aromatic heterocycles. The second kappa shape index (κ2) is 8.67. The summed E-state index contributed by atoms with van der Waals surface area (Å²) in [4.78, 5) is 11.8. The Labute approximate surface area is 115 Å². The normalized spacial score (nSPS) is 10.7. The molecule has 0 atom stereocenters. The maximum Gasteiger partial charge on any atom is 0.251 e. The fourth-order valence-electron chi connectivity index (χ4n) is 1.68. The van der Waals surface area contributed by atoms with Gasteiger partial charge in [-0.2, -0.15) is 0 Å². The van der Waals surface area contributed by atoms with E-state index in [-0.39, 0.29) is 5.91 Å². The van der Waals surface area contributed by atoms with Crippen molar-refractivity contribution in [2.45, 2.75) is 26.2 Å². The summed E-state index contributed by atoms with van der Waals surface area (Å²) in [5.74, 6) is 0.450. The van der Waals surface area contributed by atoms with E-state index in [0.29, 0.717) is 37.8 Å². The number of benzene rings is 1. The summed E-state index contributed by atoms with van der Waals surface area (Å²) in [6.07, 6.45) is 0.801. The van der Waals surface area contributed by atoms with E-state index in [9.17, 15) is 4.79 Å². The third-order valence-corrected chi connectivity index (χ3v) is 2.85. The van der Waals surface area contributed by atoms with Crippen LogP contribution in [0.1, 0.15) is 42.1 Å². The largest absolute Gasteiger partial charge is 0.380 e. The van der Waals surface area contributed by atoms with Gasteiger partial charge in [0.25, 0.3) is 5.91 Å². The van der Waals surface area contributed by atoms with Crippen molar-refractivity contribution >= 4 is 5.91 Å². The second-order valence-corrected chi connectivity index (χ2v) is 4.79. The van der Waals surface area contributed by atoms with Crippen molar-refractivity contribution < 1.29 is 9.53 Å². The van der Waals surface area contributed by atoms with E-state index < -0.39 is 0 Å². The molecular formula is C15H24N2O2. The monoisotopic (exact) mass is 264 g/mol. The van der Waals surface area contributed by atoms with E-state index in [2.05, 4.69) is 19.2 Å². The number of nitrogens with two attached hydrogens (primary N) is 1. The summed E-state index contributed by atoms with van der Waals surface area (Å²) in [5.41, 5.74) is 7.25. The van der Waals surface area contributed by atoms with Gasteiger partial charge in [-0.05, 0) is 30.0 Å². The zero-order valence-electron chi connectivity index (χ0n) is 11.8. The Morgan fingerprint density at radius 3 is 2.53 bits per heavy atom. The summed E-state index contributed by atoms with van der Waals surface area (Å²) in [7, 11) is 0. The van der Waals surface area contributed by atoms with Gasteiger partial charge in [0.1, 0.15) is 0 Å². The average Bonchev–Trinajstić information content (AvgIpc) is 2.42. The highest BCUT2D eigenvalue weighted by Crippen LogP contribution is 2.14. The predicted octanol–water partition coefficient (Wildman–Crippen LogP) is 1.91. The molecule has 3 N–H and O–H groups in total. The molecule has 4 heteroatoms. The number of nitrogens with one attached hydrogen (secondary N) is 1. The fourth-order valence-corrected chi connectivity index (χ4v) is 1.68. The summed E-state index contributed by atoms with van der Waals surface area (Å²) in [6.45, 7) is 6.63. The summed E-state index contributed by atoms with van der Waals surface area (Å²) >= 11 is 0. The molecule has 0 saturated heterocycles. The lowest BCUT2D eigenvalue weighted by Gasteiger charge is -2.08. The van der Waals surface area contributed by atoms with Gasteiger partial charge < -0.3 is 15.8 Å². The molecule has 0 radical (unpaired) electrons. The molecule has 0 fully saturated rings. The maximum absolute atomic E-state index is 11.8. The number of carbonyl (C=O) groups excluding carboxylic acids is 1. The molecule has 0 aliphatic heterocycles. The molecule has 0 aliphatic rings. The maximum atomic E-state index is 11.8. The van der Waals surface area contributed by atoms with Gasteiger partial charge in [0.2, 0.25) is 0 Å². The fraction of sp³-hybridized carbons (Fsp3) is 0.533. The zero-order chi connectivity index (χ0) is 14.1. The first-order valence-corrected chi connectivity index (χ1v) is 6.81. The molecule has 0 spiro atoms. The van der Waals surface area contributed by atoms with E-state index in [4.69, 9.17) is 10.5 Å². The van der Waals surface area contributed by atoms with Crippen molar-refractivity contribution in [1.82, 2.24) is 5.32 Å². The standard InChI is InChI=1S/C15H24N2O2/c1-12(2)13-4-6-14(7-5-13)15(18)17-9-3-10-19-11-8-16/h4-7,12H,3,8-11,16H2,1-2H3,(H,17,18). The summed E-state index contributed by atoms with van der Waals surface area (Å²) in [5, 5.41) is 2.87. The van der Waals surface area contributed by atoms with Gasteiger partial charge in [-0.25, -0.2) is 0 Å². The Hall–Kier alpha value is -1.39. The van der Waals surface area contributed by atoms with Crippen molar-refractivity contribution in [2.24, 2.45) is 5.73 Å². The molecule has 1 aromatic rings. The van der Waals surface area contributed by atoms with Crippen molar-refractivity contribution in [3.05, 3.63) is 35.4 Å². The van der Waals surface area contributed by atoms with Gasteiger partial charge in [0.05, 0.1) is 6.61 Å². The first-order valence-electron chi connectivity index (χ1n) is 6.81. The highest BCUT2D eigenvalue weighted by Gasteiger charge is 2.05. The first-order chi connectivity index (χ1) is 9.15. The molecule has 106 valence electrons. The number of rotatable bonds is 8. The van der Waals surface area contributed by atoms with Crippen LogP contribution in [0.15, 0.2) is 24.3 Å². The molecule has 1 rings (SSSR count). The number of ether oxygens (including phenoxy) is 1. The minimum absolute atomic E-state index is 0.0332. The highest BCUT2D eigenvalue weighted by atomic mass is 16.5. The number of hydrogen-bond acceptors (Lipinski definition) is 3. The lowest BCUT2D eigenvalue weighted by molar-refractivity contribution is 0.0943. The Morgan fingerprint density at radius 1 is 1.26 bits per heavy atom. The zero-order valence-corrected chi connectivity index (χ0v) is 11.8. The molecule has 0 heterocycles. The molecule has 0 bridgehead atoms. The Balaban J connectivity index is 2.29. The molecule has 0 saturated carbocycles. The highest BCUT2D eigenvalue weighted by molar-refractivity contribution is 5.94. The molecule has 4 nitrogen and oxygen atoms in total. The molecule has 1 aromatic carbocycles. The van der Waals surface area contributed by atoms with E-state index >= 15 is 0 Å². The molecule has 0 aliphatic carbocycles. The molecule has 19 heavy (non-hydrogen) atoms. The minimum atomic E-state index is -0.0332. The topological polar surface area (TPSA) is 64.3 Å². The lowest BCUT2D eigenvalue weighted by atomic mass is 10.0. The van der Waals surface area contributed by atoms with Gasteiger partial charge in [-0.3, -0.25) is 4.79 Å². The van der Waals surface area contributed by atoms with Crippen LogP contribution in [0.5, 0.6) is 0 Å². The number of carbonyl (C=O) groups is 1. The van der Waals surface area contributed by atoms with E-state index in [1.165, 1.54) is 5.56 Å². The van der Waals surface area contributed by atoms with Crippen molar-refractivity contribution in [3.63, 3.8) is 0 Å². The number of hydrogen-bond donors (Lipinski definition) is 2. The molecule has 0 unspecified atom stereocenters. The van der Waals surface area contributed by atoms with Gasteiger partial charge in [0, 0.05) is 25.3 Å². The quantitative estimate of drug-likeness (QED) is 0.705. The Morgan fingerprint density at radius 2 is 1.95 bits per heavy atom. The van der Waals surface area contributed by atoms with E-state index in [1.807, 2.05) is 24.3 Å². The Bertz CT molecular complexity index is 374. The van der Waals surface area contributed by atoms with Crippen LogP contribution in [0.4, 0.5) is 0 Å². The van der Waals surface area contributed by atoms with Gasteiger partial charge in [-0.15, -0.1) is 0 Å². The molecule has 1 amide bonds. The van der Waals surface area contributed by atoms with Crippen LogP contribution in [0.3, 0.4) is 0 Å². The van der Waals surface area contributed by atoms with Crippen LogP contribution in [-0.2, 0) is 4.74 Å². The van der Waals surface area contributed by atoms with Gasteiger partial charge in [-0.1, -0.05) is 26.0 Å². The number of amides is 1. The smallest absolute Gasteiger partial charge is 0.251 e. The lowest BCUT2D eigenvalue weighted by Crippen LogP contribution is -2.25. The second-order valence-electron chi connectivity index (χ2n) is 4.79. The van der Waals surface area contributed by atoms with Crippen LogP contribution in [-0.4, -0.2) is 32.2 Å². The first kappa shape index (κ1) is 15.7. The van der Waals surface area contributed by atoms with Crippen LogP contribution in [0.25, 0.3) is 0 Å². The minimum Gasteiger partial charge on any atom is -0.380 e. The van der Waals surface area contributed by atoms with Crippen molar-refractivity contribution in [2.75, 3.05) is 26.3 Å². The molecular weight excluding hydrogens is 240 g/mol. The van der Waals surface area contributed by atoms with Crippen LogP contribution in [0, 0.1) is 0 Å². The Kier molecular flexibility index (Phi) is 7.15. The third kappa shape index (κ3) is 5.85. The van der Waals surface area contributed by atoms with Gasteiger partial charge >= 0.3 is 0 Å².